The fourth-order valence-corrected chi connectivity index (χ4v) is 5.61. The summed E-state index contributed by atoms with van der Waals surface area (Å²) in [5.74, 6) is 1.40. The Morgan fingerprint density at radius 3 is 2.22 bits per heavy atom. The maximum atomic E-state index is 14.1. The van der Waals surface area contributed by atoms with Crippen LogP contribution in [-0.2, 0) is 11.7 Å². The average molecular weight is 450 g/mol. The number of benzene rings is 2. The van der Waals surface area contributed by atoms with Gasteiger partial charge in [-0.15, -0.1) is 0 Å². The van der Waals surface area contributed by atoms with Crippen molar-refractivity contribution in [2.75, 3.05) is 6.61 Å². The Labute approximate surface area is 188 Å². The van der Waals surface area contributed by atoms with Crippen LogP contribution in [0, 0.1) is 11.8 Å². The van der Waals surface area contributed by atoms with Gasteiger partial charge in [-0.2, -0.15) is 13.2 Å². The van der Waals surface area contributed by atoms with Crippen molar-refractivity contribution in [3.8, 4) is 5.75 Å². The van der Waals surface area contributed by atoms with Gasteiger partial charge in [-0.05, 0) is 72.9 Å². The van der Waals surface area contributed by atoms with E-state index in [1.54, 1.807) is 25.1 Å². The maximum absolute atomic E-state index is 14.1. The van der Waals surface area contributed by atoms with E-state index < -0.39 is 17.3 Å². The highest BCUT2D eigenvalue weighted by molar-refractivity contribution is 5.89. The zero-order chi connectivity index (χ0) is 22.9. The molecule has 0 bridgehead atoms. The summed E-state index contributed by atoms with van der Waals surface area (Å²) in [5, 5.41) is 10.0. The molecule has 2 saturated carbocycles. The minimum Gasteiger partial charge on any atom is -0.490 e. The Morgan fingerprint density at radius 1 is 0.938 bits per heavy atom. The molecule has 0 aromatic heterocycles. The minimum atomic E-state index is -4.53. The number of aliphatic hydroxyl groups excluding tert-OH is 1. The molecule has 0 unspecified atom stereocenters. The lowest BCUT2D eigenvalue weighted by Crippen LogP contribution is -2.36. The van der Waals surface area contributed by atoms with Crippen LogP contribution in [0.5, 0.6) is 5.75 Å². The second kappa shape index (κ2) is 9.22. The lowest BCUT2D eigenvalue weighted by Gasteiger charge is -2.36. The van der Waals surface area contributed by atoms with E-state index in [1.165, 1.54) is 44.2 Å². The summed E-state index contributed by atoms with van der Waals surface area (Å²) in [6, 6.07) is 7.73. The van der Waals surface area contributed by atoms with Crippen molar-refractivity contribution in [3.63, 3.8) is 0 Å². The van der Waals surface area contributed by atoms with Gasteiger partial charge in [0.25, 0.3) is 0 Å². The minimum absolute atomic E-state index is 0.0865. The Morgan fingerprint density at radius 2 is 1.59 bits per heavy atom. The third kappa shape index (κ3) is 4.91. The summed E-state index contributed by atoms with van der Waals surface area (Å²) in [6.45, 7) is 1.36. The fraction of sp³-hybridized carbons (Fsp3) is 0.615. The van der Waals surface area contributed by atoms with Gasteiger partial charge in [0.05, 0.1) is 18.2 Å². The summed E-state index contributed by atoms with van der Waals surface area (Å²) >= 11 is 0. The van der Waals surface area contributed by atoms with Crippen LogP contribution in [0.25, 0.3) is 10.8 Å². The Bertz CT molecular complexity index is 927. The molecule has 2 aliphatic carbocycles. The van der Waals surface area contributed by atoms with Crippen LogP contribution in [-0.4, -0.2) is 17.8 Å². The van der Waals surface area contributed by atoms with Gasteiger partial charge in [0.15, 0.2) is 0 Å². The molecule has 0 amide bonds. The molecular formula is C26H34F3NO2. The second-order valence-electron chi connectivity index (χ2n) is 10.0. The lowest BCUT2D eigenvalue weighted by atomic mass is 9.73. The highest BCUT2D eigenvalue weighted by Crippen LogP contribution is 2.44. The largest absolute Gasteiger partial charge is 0.490 e. The number of aliphatic hydroxyl groups is 1. The second-order valence-corrected chi connectivity index (χ2v) is 10.0. The molecule has 0 aliphatic heterocycles. The van der Waals surface area contributed by atoms with Gasteiger partial charge in [-0.25, -0.2) is 0 Å². The van der Waals surface area contributed by atoms with E-state index in [9.17, 15) is 18.3 Å². The number of hydrogen-bond acceptors (Lipinski definition) is 3. The van der Waals surface area contributed by atoms with Crippen molar-refractivity contribution in [1.29, 1.82) is 0 Å². The van der Waals surface area contributed by atoms with E-state index >= 15 is 0 Å². The van der Waals surface area contributed by atoms with E-state index in [-0.39, 0.29) is 23.8 Å². The lowest BCUT2D eigenvalue weighted by molar-refractivity contribution is -0.138. The third-order valence-corrected chi connectivity index (χ3v) is 7.58. The Balaban J connectivity index is 1.55. The number of hydrogen-bond donors (Lipinski definition) is 2. The van der Waals surface area contributed by atoms with Crippen LogP contribution in [0.2, 0.25) is 0 Å². The van der Waals surface area contributed by atoms with Gasteiger partial charge in [-0.1, -0.05) is 50.3 Å². The molecular weight excluding hydrogens is 415 g/mol. The molecule has 6 heteroatoms. The molecule has 2 aromatic rings. The van der Waals surface area contributed by atoms with E-state index in [1.807, 2.05) is 0 Å². The zero-order valence-corrected chi connectivity index (χ0v) is 18.8. The van der Waals surface area contributed by atoms with Crippen LogP contribution in [0.4, 0.5) is 13.2 Å². The molecule has 2 aliphatic rings. The molecule has 0 saturated heterocycles. The number of nitrogens with two attached hydrogens (primary N) is 1. The Hall–Kier alpha value is -1.79. The van der Waals surface area contributed by atoms with Gasteiger partial charge in [0.1, 0.15) is 11.3 Å². The van der Waals surface area contributed by atoms with E-state index in [0.29, 0.717) is 16.9 Å². The van der Waals surface area contributed by atoms with Gasteiger partial charge in [-0.3, -0.25) is 0 Å². The van der Waals surface area contributed by atoms with Crippen molar-refractivity contribution in [2.24, 2.45) is 17.6 Å². The molecule has 4 rings (SSSR count). The first-order chi connectivity index (χ1) is 15.2. The summed E-state index contributed by atoms with van der Waals surface area (Å²) in [7, 11) is 0. The highest BCUT2D eigenvalue weighted by atomic mass is 19.4. The molecule has 2 fully saturated rings. The summed E-state index contributed by atoms with van der Waals surface area (Å²) in [5.41, 5.74) is 4.93. The van der Waals surface area contributed by atoms with Crippen LogP contribution in [0.3, 0.4) is 0 Å². The average Bonchev–Trinajstić information content (AvgIpc) is 2.79. The fourth-order valence-electron chi connectivity index (χ4n) is 5.61. The topological polar surface area (TPSA) is 55.5 Å². The first-order valence-corrected chi connectivity index (χ1v) is 11.9. The molecule has 3 N–H and O–H groups in total. The molecule has 0 heterocycles. The number of ether oxygens (including phenoxy) is 1. The first-order valence-electron chi connectivity index (χ1n) is 11.9. The quantitative estimate of drug-likeness (QED) is 0.545. The van der Waals surface area contributed by atoms with Crippen LogP contribution < -0.4 is 10.5 Å². The molecule has 3 nitrogen and oxygen atoms in total. The molecule has 32 heavy (non-hydrogen) atoms. The molecule has 176 valence electrons. The van der Waals surface area contributed by atoms with Crippen molar-refractivity contribution in [2.45, 2.75) is 82.5 Å². The van der Waals surface area contributed by atoms with E-state index in [2.05, 4.69) is 0 Å². The number of alkyl halides is 3. The standard InChI is InChI=1S/C26H34F3NO2/c1-25(30,16-31)20-10-13-22-19(15-20)9-14-23(24(22)26(27,28)29)32-21-11-7-18(8-12-21)17-5-3-2-4-6-17/h9-10,13-15,17-18,21,31H,2-8,11-12,16,30H2,1H3/t18-,21-,25-/m0/s1. The SMILES string of the molecule is C[C@](N)(CO)c1ccc2c(C(F)(F)F)c(O[C@H]3CC[C@H](C4CCCCC4)CC3)ccc2c1. The highest BCUT2D eigenvalue weighted by Gasteiger charge is 2.38. The summed E-state index contributed by atoms with van der Waals surface area (Å²) in [6.07, 6.45) is 5.60. The van der Waals surface area contributed by atoms with Gasteiger partial charge in [0, 0.05) is 0 Å². The predicted octanol–water partition coefficient (Wildman–Crippen LogP) is 6.54. The predicted molar refractivity (Wildman–Crippen MR) is 121 cm³/mol. The molecule has 0 spiro atoms. The molecule has 2 aromatic carbocycles. The Kier molecular flexibility index (Phi) is 6.73. The first kappa shape index (κ1) is 23.4. The normalized spacial score (nSPS) is 24.9. The van der Waals surface area contributed by atoms with Gasteiger partial charge >= 0.3 is 6.18 Å². The number of rotatable bonds is 5. The van der Waals surface area contributed by atoms with Crippen molar-refractivity contribution < 1.29 is 23.0 Å². The smallest absolute Gasteiger partial charge is 0.420 e. The van der Waals surface area contributed by atoms with Crippen molar-refractivity contribution in [3.05, 3.63) is 41.5 Å². The van der Waals surface area contributed by atoms with Crippen LogP contribution >= 0.6 is 0 Å². The van der Waals surface area contributed by atoms with E-state index in [4.69, 9.17) is 10.5 Å². The number of fused-ring (bicyclic) bond motifs is 1. The van der Waals surface area contributed by atoms with E-state index in [0.717, 1.165) is 31.6 Å². The summed E-state index contributed by atoms with van der Waals surface area (Å²) < 4.78 is 48.3. The third-order valence-electron chi connectivity index (χ3n) is 7.58. The van der Waals surface area contributed by atoms with Crippen LogP contribution in [0.15, 0.2) is 30.3 Å². The molecule has 1 atom stereocenters. The molecule has 0 radical (unpaired) electrons. The van der Waals surface area contributed by atoms with Crippen LogP contribution in [0.1, 0.15) is 75.8 Å². The van der Waals surface area contributed by atoms with Gasteiger partial charge in [0.2, 0.25) is 0 Å². The van der Waals surface area contributed by atoms with Crippen molar-refractivity contribution in [1.82, 2.24) is 0 Å². The van der Waals surface area contributed by atoms with Crippen molar-refractivity contribution >= 4 is 10.8 Å². The monoisotopic (exact) mass is 449 g/mol. The van der Waals surface area contributed by atoms with Gasteiger partial charge < -0.3 is 15.6 Å². The zero-order valence-electron chi connectivity index (χ0n) is 18.8. The maximum Gasteiger partial charge on any atom is 0.420 e. The summed E-state index contributed by atoms with van der Waals surface area (Å²) in [4.78, 5) is 0. The number of halogens is 3.